The Balaban J connectivity index is 1.39. The average Bonchev–Trinajstić information content (AvgIpc) is 3.38. The van der Waals surface area contributed by atoms with Gasteiger partial charge in [-0.1, -0.05) is 72.7 Å². The molecule has 0 aliphatic rings. The molecule has 0 bridgehead atoms. The molecule has 0 aliphatic heterocycles. The number of nitrogen functional groups attached to an aromatic ring is 1. The second-order valence-corrected chi connectivity index (χ2v) is 8.86. The van der Waals surface area contributed by atoms with Crippen LogP contribution in [0, 0.1) is 13.8 Å². The van der Waals surface area contributed by atoms with E-state index in [0.717, 1.165) is 22.4 Å². The predicted octanol–water partition coefficient (Wildman–Crippen LogP) is 4.65. The van der Waals surface area contributed by atoms with E-state index in [1.165, 1.54) is 22.0 Å². The fourth-order valence-corrected chi connectivity index (χ4v) is 3.86. The Labute approximate surface area is 191 Å². The zero-order valence-electron chi connectivity index (χ0n) is 18.6. The fraction of sp³-hybridized carbons (Fsp3) is 0.304. The Kier molecular flexibility index (Phi) is 6.45. The molecule has 2 heterocycles. The molecule has 2 N–H and O–H groups in total. The van der Waals surface area contributed by atoms with Gasteiger partial charge in [-0.25, -0.2) is 4.68 Å². The first kappa shape index (κ1) is 21.9. The van der Waals surface area contributed by atoms with Gasteiger partial charge in [0.15, 0.2) is 5.82 Å². The smallest absolute Gasteiger partial charge is 0.237 e. The highest BCUT2D eigenvalue weighted by molar-refractivity contribution is 7.98. The maximum Gasteiger partial charge on any atom is 0.237 e. The van der Waals surface area contributed by atoms with E-state index in [4.69, 9.17) is 15.1 Å². The van der Waals surface area contributed by atoms with Gasteiger partial charge in [0.25, 0.3) is 0 Å². The number of hydrogen-bond acceptors (Lipinski definition) is 8. The number of nitrogens with two attached hydrogens (primary N) is 1. The van der Waals surface area contributed by atoms with Gasteiger partial charge in [-0.15, -0.1) is 10.2 Å². The van der Waals surface area contributed by atoms with Gasteiger partial charge in [-0.05, 0) is 37.0 Å². The Morgan fingerprint density at radius 2 is 1.81 bits per heavy atom. The number of aryl methyl sites for hydroxylation is 2. The minimum absolute atomic E-state index is 0.228. The van der Waals surface area contributed by atoms with Crippen molar-refractivity contribution in [1.29, 1.82) is 0 Å². The maximum absolute atomic E-state index is 6.19. The number of hydrogen-bond donors (Lipinski definition) is 1. The standard InChI is InChI=1S/C23H26N6O2S/c1-14(2)18-10-7-16(4)11-19(18)30-12-20-26-27-23(29(20)24)32-13-21-25-22(28-31-21)17-8-5-15(3)6-9-17/h5-11,14H,12-13,24H2,1-4H3. The van der Waals surface area contributed by atoms with Crippen LogP contribution >= 0.6 is 11.8 Å². The molecular formula is C23H26N6O2S. The van der Waals surface area contributed by atoms with Crippen molar-refractivity contribution in [1.82, 2.24) is 25.0 Å². The molecule has 166 valence electrons. The first-order valence-corrected chi connectivity index (χ1v) is 11.3. The lowest BCUT2D eigenvalue weighted by molar-refractivity contribution is 0.287. The van der Waals surface area contributed by atoms with Gasteiger partial charge in [0.05, 0.1) is 5.75 Å². The molecule has 0 spiro atoms. The molecule has 9 heteroatoms. The van der Waals surface area contributed by atoms with Crippen LogP contribution in [0.15, 0.2) is 52.1 Å². The van der Waals surface area contributed by atoms with Crippen LogP contribution in [-0.4, -0.2) is 25.0 Å². The van der Waals surface area contributed by atoms with Crippen LogP contribution in [0.4, 0.5) is 0 Å². The number of nitrogens with zero attached hydrogens (tertiary/aromatic N) is 5. The molecule has 32 heavy (non-hydrogen) atoms. The van der Waals surface area contributed by atoms with Gasteiger partial charge in [-0.3, -0.25) is 0 Å². The van der Waals surface area contributed by atoms with Crippen molar-refractivity contribution in [2.45, 2.75) is 51.1 Å². The zero-order valence-corrected chi connectivity index (χ0v) is 19.4. The molecule has 0 unspecified atom stereocenters. The Bertz CT molecular complexity index is 1200. The Hall–Kier alpha value is -3.33. The zero-order chi connectivity index (χ0) is 22.7. The van der Waals surface area contributed by atoms with Crippen LogP contribution in [0.3, 0.4) is 0 Å². The summed E-state index contributed by atoms with van der Waals surface area (Å²) in [4.78, 5) is 4.45. The lowest BCUT2D eigenvalue weighted by Gasteiger charge is -2.14. The van der Waals surface area contributed by atoms with Gasteiger partial charge in [0.1, 0.15) is 12.4 Å². The average molecular weight is 451 g/mol. The lowest BCUT2D eigenvalue weighted by Crippen LogP contribution is -2.16. The quantitative estimate of drug-likeness (QED) is 0.305. The summed E-state index contributed by atoms with van der Waals surface area (Å²) in [6.07, 6.45) is 0. The molecule has 0 amide bonds. The molecule has 4 rings (SSSR count). The monoisotopic (exact) mass is 450 g/mol. The summed E-state index contributed by atoms with van der Waals surface area (Å²) in [5.74, 6) is 9.41. The molecule has 0 saturated carbocycles. The van der Waals surface area contributed by atoms with Crippen LogP contribution in [0.1, 0.15) is 48.2 Å². The first-order valence-electron chi connectivity index (χ1n) is 10.4. The van der Waals surface area contributed by atoms with Crippen molar-refractivity contribution in [3.63, 3.8) is 0 Å². The molecule has 8 nitrogen and oxygen atoms in total. The second-order valence-electron chi connectivity index (χ2n) is 7.92. The summed E-state index contributed by atoms with van der Waals surface area (Å²) < 4.78 is 12.8. The van der Waals surface area contributed by atoms with Crippen LogP contribution in [0.2, 0.25) is 0 Å². The van der Waals surface area contributed by atoms with E-state index in [2.05, 4.69) is 46.3 Å². The number of aromatic nitrogens is 5. The van der Waals surface area contributed by atoms with Crippen LogP contribution in [0.25, 0.3) is 11.4 Å². The van der Waals surface area contributed by atoms with Gasteiger partial charge >= 0.3 is 0 Å². The molecule has 2 aromatic heterocycles. The van der Waals surface area contributed by atoms with E-state index in [1.54, 1.807) is 0 Å². The summed E-state index contributed by atoms with van der Waals surface area (Å²) >= 11 is 1.38. The highest BCUT2D eigenvalue weighted by Gasteiger charge is 2.15. The highest BCUT2D eigenvalue weighted by atomic mass is 32.2. The normalized spacial score (nSPS) is 11.3. The van der Waals surface area contributed by atoms with Gasteiger partial charge in [-0.2, -0.15) is 4.98 Å². The van der Waals surface area contributed by atoms with E-state index in [9.17, 15) is 0 Å². The van der Waals surface area contributed by atoms with E-state index < -0.39 is 0 Å². The molecular weight excluding hydrogens is 424 g/mol. The molecule has 4 aromatic rings. The Morgan fingerprint density at radius 1 is 1.06 bits per heavy atom. The summed E-state index contributed by atoms with van der Waals surface area (Å²) in [6.45, 7) is 8.58. The topological polar surface area (TPSA) is 105 Å². The summed E-state index contributed by atoms with van der Waals surface area (Å²) in [5, 5.41) is 13.0. The van der Waals surface area contributed by atoms with Gasteiger partial charge in [0, 0.05) is 5.56 Å². The van der Waals surface area contributed by atoms with Crippen molar-refractivity contribution < 1.29 is 9.26 Å². The lowest BCUT2D eigenvalue weighted by atomic mass is 10.0. The third-order valence-electron chi connectivity index (χ3n) is 4.99. The highest BCUT2D eigenvalue weighted by Crippen LogP contribution is 2.28. The van der Waals surface area contributed by atoms with E-state index in [1.807, 2.05) is 44.2 Å². The van der Waals surface area contributed by atoms with Crippen molar-refractivity contribution in [3.05, 3.63) is 70.9 Å². The molecule has 0 aliphatic carbocycles. The SMILES string of the molecule is Cc1ccc(-c2noc(CSc3nnc(COc4cc(C)ccc4C(C)C)n3N)n2)cc1. The number of rotatable bonds is 8. The van der Waals surface area contributed by atoms with Crippen LogP contribution in [-0.2, 0) is 12.4 Å². The minimum atomic E-state index is 0.228. The van der Waals surface area contributed by atoms with E-state index in [-0.39, 0.29) is 6.61 Å². The second kappa shape index (κ2) is 9.44. The number of thioether (sulfide) groups is 1. The molecule has 0 radical (unpaired) electrons. The number of ether oxygens (including phenoxy) is 1. The largest absolute Gasteiger partial charge is 0.485 e. The van der Waals surface area contributed by atoms with Crippen molar-refractivity contribution in [2.75, 3.05) is 5.84 Å². The fourth-order valence-electron chi connectivity index (χ4n) is 3.15. The molecule has 0 saturated heterocycles. The predicted molar refractivity (Wildman–Crippen MR) is 124 cm³/mol. The van der Waals surface area contributed by atoms with Crippen molar-refractivity contribution >= 4 is 11.8 Å². The number of benzene rings is 2. The van der Waals surface area contributed by atoms with E-state index in [0.29, 0.717) is 34.4 Å². The van der Waals surface area contributed by atoms with Gasteiger partial charge < -0.3 is 15.1 Å². The molecule has 0 atom stereocenters. The van der Waals surface area contributed by atoms with E-state index >= 15 is 0 Å². The molecule has 0 fully saturated rings. The summed E-state index contributed by atoms with van der Waals surface area (Å²) in [5.41, 5.74) is 4.38. The van der Waals surface area contributed by atoms with Crippen LogP contribution < -0.4 is 10.6 Å². The third kappa shape index (κ3) is 4.94. The summed E-state index contributed by atoms with van der Waals surface area (Å²) in [7, 11) is 0. The van der Waals surface area contributed by atoms with Gasteiger partial charge in [0.2, 0.25) is 16.9 Å². The third-order valence-corrected chi connectivity index (χ3v) is 5.91. The minimum Gasteiger partial charge on any atom is -0.485 e. The maximum atomic E-state index is 6.19. The molecule has 2 aromatic carbocycles. The summed E-state index contributed by atoms with van der Waals surface area (Å²) in [6, 6.07) is 14.2. The first-order chi connectivity index (χ1) is 15.4. The van der Waals surface area contributed by atoms with Crippen LogP contribution in [0.5, 0.6) is 5.75 Å². The van der Waals surface area contributed by atoms with Crippen molar-refractivity contribution in [2.24, 2.45) is 0 Å². The van der Waals surface area contributed by atoms with Crippen molar-refractivity contribution in [3.8, 4) is 17.1 Å². The Morgan fingerprint density at radius 3 is 2.56 bits per heavy atom.